The van der Waals surface area contributed by atoms with Crippen molar-refractivity contribution < 1.29 is 19.2 Å². The highest BCUT2D eigenvalue weighted by Gasteiger charge is 2.18. The van der Waals surface area contributed by atoms with Gasteiger partial charge in [-0.3, -0.25) is 10.1 Å². The van der Waals surface area contributed by atoms with Crippen molar-refractivity contribution in [1.82, 2.24) is 9.88 Å². The summed E-state index contributed by atoms with van der Waals surface area (Å²) in [7, 11) is 3.14. The van der Waals surface area contributed by atoms with E-state index in [0.717, 1.165) is 16.5 Å². The van der Waals surface area contributed by atoms with Crippen molar-refractivity contribution in [3.63, 3.8) is 0 Å². The topological polar surface area (TPSA) is 107 Å². The fourth-order valence-corrected chi connectivity index (χ4v) is 4.08. The average molecular weight is 521 g/mol. The van der Waals surface area contributed by atoms with Gasteiger partial charge in [-0.05, 0) is 48.4 Å². The van der Waals surface area contributed by atoms with Crippen LogP contribution in [-0.4, -0.2) is 41.6 Å². The smallest absolute Gasteiger partial charge is 0.322 e. The van der Waals surface area contributed by atoms with Gasteiger partial charge in [0.15, 0.2) is 11.5 Å². The van der Waals surface area contributed by atoms with Gasteiger partial charge in [0, 0.05) is 35.3 Å². The van der Waals surface area contributed by atoms with Gasteiger partial charge < -0.3 is 19.7 Å². The van der Waals surface area contributed by atoms with Crippen LogP contribution in [0.2, 0.25) is 5.15 Å². The quantitative estimate of drug-likeness (QED) is 0.162. The minimum absolute atomic E-state index is 0.0580. The lowest BCUT2D eigenvalue weighted by Crippen LogP contribution is -2.36. The number of hydrogen-bond donors (Lipinski definition) is 1. The molecule has 0 saturated heterocycles. The third-order valence-corrected chi connectivity index (χ3v) is 6.17. The molecule has 0 bridgehead atoms. The van der Waals surface area contributed by atoms with Crippen molar-refractivity contribution in [1.29, 1.82) is 0 Å². The van der Waals surface area contributed by atoms with Crippen molar-refractivity contribution in [2.75, 3.05) is 26.1 Å². The molecule has 1 N–H and O–H groups in total. The predicted molar refractivity (Wildman–Crippen MR) is 143 cm³/mol. The SMILES string of the molecule is COc1ccc(CCN(Cc2cc3ccccc3nc2Cl)C(=O)Nc2ccc([N+](=O)[O-])cc2)cc1OC. The molecule has 0 unspecified atom stereocenters. The van der Waals surface area contributed by atoms with E-state index in [2.05, 4.69) is 10.3 Å². The highest BCUT2D eigenvalue weighted by atomic mass is 35.5. The van der Waals surface area contributed by atoms with E-state index in [4.69, 9.17) is 21.1 Å². The molecule has 2 amide bonds. The fraction of sp³-hybridized carbons (Fsp3) is 0.185. The van der Waals surface area contributed by atoms with Crippen LogP contribution in [0.4, 0.5) is 16.2 Å². The first kappa shape index (κ1) is 25.7. The van der Waals surface area contributed by atoms with E-state index >= 15 is 0 Å². The summed E-state index contributed by atoms with van der Waals surface area (Å²) < 4.78 is 10.7. The second-order valence-corrected chi connectivity index (χ2v) is 8.58. The number of methoxy groups -OCH3 is 2. The largest absolute Gasteiger partial charge is 0.493 e. The number of urea groups is 1. The molecule has 9 nitrogen and oxygen atoms in total. The number of nitrogens with zero attached hydrogens (tertiary/aromatic N) is 3. The number of carbonyl (C=O) groups is 1. The summed E-state index contributed by atoms with van der Waals surface area (Å²) in [6.45, 7) is 0.570. The first-order chi connectivity index (χ1) is 17.9. The summed E-state index contributed by atoms with van der Waals surface area (Å²) in [5, 5.41) is 15.0. The maximum Gasteiger partial charge on any atom is 0.322 e. The number of carbonyl (C=O) groups excluding carboxylic acids is 1. The van der Waals surface area contributed by atoms with Gasteiger partial charge in [-0.25, -0.2) is 9.78 Å². The summed E-state index contributed by atoms with van der Waals surface area (Å²) in [5.41, 5.74) is 2.80. The Hall–Kier alpha value is -4.37. The molecule has 0 spiro atoms. The van der Waals surface area contributed by atoms with Crippen LogP contribution in [0.15, 0.2) is 72.8 Å². The number of pyridine rings is 1. The summed E-state index contributed by atoms with van der Waals surface area (Å²) in [5.74, 6) is 1.22. The van der Waals surface area contributed by atoms with E-state index in [-0.39, 0.29) is 18.3 Å². The van der Waals surface area contributed by atoms with Crippen LogP contribution in [0.5, 0.6) is 11.5 Å². The molecule has 0 aliphatic heterocycles. The van der Waals surface area contributed by atoms with E-state index in [1.807, 2.05) is 48.5 Å². The zero-order valence-electron chi connectivity index (χ0n) is 20.3. The monoisotopic (exact) mass is 520 g/mol. The molecule has 10 heteroatoms. The number of fused-ring (bicyclic) bond motifs is 1. The summed E-state index contributed by atoms with van der Waals surface area (Å²) in [6, 6.07) is 20.4. The Morgan fingerprint density at radius 1 is 1.03 bits per heavy atom. The van der Waals surface area contributed by atoms with Crippen LogP contribution in [0.25, 0.3) is 10.9 Å². The molecular weight excluding hydrogens is 496 g/mol. The second-order valence-electron chi connectivity index (χ2n) is 8.23. The van der Waals surface area contributed by atoms with Crippen molar-refractivity contribution in [2.24, 2.45) is 0 Å². The summed E-state index contributed by atoms with van der Waals surface area (Å²) >= 11 is 6.49. The zero-order chi connectivity index (χ0) is 26.4. The van der Waals surface area contributed by atoms with Crippen LogP contribution in [0.3, 0.4) is 0 Å². The van der Waals surface area contributed by atoms with Gasteiger partial charge in [-0.1, -0.05) is 35.9 Å². The third kappa shape index (κ3) is 6.25. The number of rotatable bonds is 9. The molecule has 0 radical (unpaired) electrons. The van der Waals surface area contributed by atoms with Crippen LogP contribution >= 0.6 is 11.6 Å². The molecular formula is C27H25ClN4O5. The van der Waals surface area contributed by atoms with Crippen molar-refractivity contribution in [2.45, 2.75) is 13.0 Å². The summed E-state index contributed by atoms with van der Waals surface area (Å²) in [4.78, 5) is 29.9. The Labute approximate surface area is 218 Å². The van der Waals surface area contributed by atoms with Gasteiger partial charge in [0.1, 0.15) is 5.15 Å². The molecule has 3 aromatic carbocycles. The van der Waals surface area contributed by atoms with Gasteiger partial charge in [0.2, 0.25) is 0 Å². The van der Waals surface area contributed by atoms with Gasteiger partial charge in [0.25, 0.3) is 5.69 Å². The van der Waals surface area contributed by atoms with E-state index in [1.165, 1.54) is 24.3 Å². The number of hydrogen-bond acceptors (Lipinski definition) is 6. The maximum atomic E-state index is 13.3. The number of amides is 2. The highest BCUT2D eigenvalue weighted by Crippen LogP contribution is 2.28. The molecule has 190 valence electrons. The predicted octanol–water partition coefficient (Wildman–Crippen LogP) is 6.09. The Balaban J connectivity index is 1.58. The van der Waals surface area contributed by atoms with Crippen LogP contribution < -0.4 is 14.8 Å². The first-order valence-corrected chi connectivity index (χ1v) is 11.8. The molecule has 4 rings (SSSR count). The Morgan fingerprint density at radius 2 is 1.76 bits per heavy atom. The van der Waals surface area contributed by atoms with Crippen LogP contribution in [0.1, 0.15) is 11.1 Å². The number of anilines is 1. The lowest BCUT2D eigenvalue weighted by Gasteiger charge is -2.24. The first-order valence-electron chi connectivity index (χ1n) is 11.4. The number of non-ortho nitro benzene ring substituents is 1. The number of benzene rings is 3. The zero-order valence-corrected chi connectivity index (χ0v) is 21.1. The van der Waals surface area contributed by atoms with Crippen molar-refractivity contribution in [3.05, 3.63) is 99.2 Å². The van der Waals surface area contributed by atoms with E-state index in [0.29, 0.717) is 40.9 Å². The average Bonchev–Trinajstić information content (AvgIpc) is 2.91. The molecule has 0 aliphatic carbocycles. The minimum Gasteiger partial charge on any atom is -0.493 e. The van der Waals surface area contributed by atoms with Gasteiger partial charge in [-0.2, -0.15) is 0 Å². The second kappa shape index (κ2) is 11.6. The molecule has 1 heterocycles. The third-order valence-electron chi connectivity index (χ3n) is 5.85. The number of nitrogens with one attached hydrogen (secondary N) is 1. The normalized spacial score (nSPS) is 10.7. The van der Waals surface area contributed by atoms with Gasteiger partial charge in [-0.15, -0.1) is 0 Å². The van der Waals surface area contributed by atoms with E-state index in [9.17, 15) is 14.9 Å². The lowest BCUT2D eigenvalue weighted by molar-refractivity contribution is -0.384. The van der Waals surface area contributed by atoms with Crippen molar-refractivity contribution in [3.8, 4) is 11.5 Å². The number of nitro benzene ring substituents is 1. The molecule has 0 aliphatic rings. The minimum atomic E-state index is -0.490. The number of nitro groups is 1. The highest BCUT2D eigenvalue weighted by molar-refractivity contribution is 6.30. The van der Waals surface area contributed by atoms with E-state index in [1.54, 1.807) is 19.1 Å². The number of aromatic nitrogens is 1. The Morgan fingerprint density at radius 3 is 2.46 bits per heavy atom. The molecule has 0 fully saturated rings. The molecule has 4 aromatic rings. The number of halogens is 1. The Kier molecular flexibility index (Phi) is 8.05. The van der Waals surface area contributed by atoms with Crippen LogP contribution in [-0.2, 0) is 13.0 Å². The van der Waals surface area contributed by atoms with Gasteiger partial charge in [0.05, 0.1) is 31.2 Å². The standard InChI is InChI=1S/C27H25ClN4O5/c1-36-24-12-7-18(15-25(24)37-2)13-14-31(27(33)29-21-8-10-22(11-9-21)32(34)35)17-20-16-19-5-3-4-6-23(19)30-26(20)28/h3-12,15-16H,13-14,17H2,1-2H3,(H,29,33). The Bertz CT molecular complexity index is 1430. The number of para-hydroxylation sites is 1. The lowest BCUT2D eigenvalue weighted by atomic mass is 10.1. The van der Waals surface area contributed by atoms with Crippen molar-refractivity contribution >= 4 is 39.9 Å². The maximum absolute atomic E-state index is 13.3. The van der Waals surface area contributed by atoms with E-state index < -0.39 is 4.92 Å². The molecule has 0 saturated carbocycles. The fourth-order valence-electron chi connectivity index (χ4n) is 3.87. The molecule has 37 heavy (non-hydrogen) atoms. The molecule has 0 atom stereocenters. The van der Waals surface area contributed by atoms with Crippen LogP contribution in [0, 0.1) is 10.1 Å². The van der Waals surface area contributed by atoms with Gasteiger partial charge >= 0.3 is 6.03 Å². The summed E-state index contributed by atoms with van der Waals surface area (Å²) in [6.07, 6.45) is 0.534. The number of ether oxygens (including phenoxy) is 2. The molecule has 1 aromatic heterocycles.